The number of hydrogen-bond acceptors (Lipinski definition) is 10. The van der Waals surface area contributed by atoms with Crippen molar-refractivity contribution in [3.05, 3.63) is 29.8 Å². The molecular formula is C21H21ClN2O8S2. The number of amides is 2. The van der Waals surface area contributed by atoms with Crippen molar-refractivity contribution < 1.29 is 38.9 Å². The van der Waals surface area contributed by atoms with Gasteiger partial charge in [-0.3, -0.25) is 19.3 Å². The first-order chi connectivity index (χ1) is 16.2. The van der Waals surface area contributed by atoms with Crippen molar-refractivity contribution in [1.82, 2.24) is 9.96 Å². The molecule has 1 aliphatic carbocycles. The van der Waals surface area contributed by atoms with E-state index in [1.807, 2.05) is 0 Å². The van der Waals surface area contributed by atoms with Crippen LogP contribution in [0.1, 0.15) is 17.2 Å². The minimum atomic E-state index is -1.78. The smallest absolute Gasteiger partial charge is 0.315 e. The second kappa shape index (κ2) is 7.11. The highest BCUT2D eigenvalue weighted by Gasteiger charge is 2.77. The molecule has 0 saturated carbocycles. The zero-order valence-corrected chi connectivity index (χ0v) is 20.6. The minimum Gasteiger partial charge on any atom is -0.493 e. The number of benzene rings is 1. The van der Waals surface area contributed by atoms with Crippen molar-refractivity contribution in [2.45, 2.75) is 45.5 Å². The number of fused-ring (bicyclic) bond motifs is 4. The second-order valence-electron chi connectivity index (χ2n) is 8.80. The second-order valence-corrected chi connectivity index (χ2v) is 11.9. The van der Waals surface area contributed by atoms with E-state index in [0.717, 1.165) is 15.9 Å². The summed E-state index contributed by atoms with van der Waals surface area (Å²) in [6.45, 7) is 0. The predicted molar refractivity (Wildman–Crippen MR) is 122 cm³/mol. The van der Waals surface area contributed by atoms with Crippen LogP contribution >= 0.6 is 33.2 Å². The first-order valence-electron chi connectivity index (χ1n) is 10.5. The monoisotopic (exact) mass is 528 g/mol. The minimum absolute atomic E-state index is 0.228. The molecule has 4 fully saturated rings. The SMILES string of the molecule is COc1ccc2c(c1OC)OC13C(=O)N4OC5C(O)C=CC(Cl)C5(O)CC4(SSC21)C(=O)N3C. The van der Waals surface area contributed by atoms with E-state index in [2.05, 4.69) is 0 Å². The number of carbonyl (C=O) groups is 2. The maximum Gasteiger partial charge on any atom is 0.315 e. The maximum absolute atomic E-state index is 14.2. The van der Waals surface area contributed by atoms with Crippen LogP contribution in [0.3, 0.4) is 0 Å². The Kier molecular flexibility index (Phi) is 4.73. The van der Waals surface area contributed by atoms with Crippen molar-refractivity contribution in [2.24, 2.45) is 0 Å². The fraction of sp³-hybridized carbons (Fsp3) is 0.524. The Morgan fingerprint density at radius 3 is 2.68 bits per heavy atom. The van der Waals surface area contributed by atoms with E-state index in [4.69, 9.17) is 30.6 Å². The van der Waals surface area contributed by atoms with Gasteiger partial charge >= 0.3 is 5.91 Å². The van der Waals surface area contributed by atoms with Crippen molar-refractivity contribution in [2.75, 3.05) is 21.3 Å². The lowest BCUT2D eigenvalue weighted by molar-refractivity contribution is -0.326. The van der Waals surface area contributed by atoms with Crippen LogP contribution in [-0.2, 0) is 14.4 Å². The number of piperazine rings is 1. The van der Waals surface area contributed by atoms with E-state index in [1.165, 1.54) is 49.1 Å². The molecule has 1 aromatic carbocycles. The van der Waals surface area contributed by atoms with E-state index in [1.54, 1.807) is 12.1 Å². The highest BCUT2D eigenvalue weighted by molar-refractivity contribution is 8.77. The summed E-state index contributed by atoms with van der Waals surface area (Å²) in [6.07, 6.45) is 0.184. The van der Waals surface area contributed by atoms with Crippen LogP contribution in [-0.4, -0.2) is 87.0 Å². The molecule has 182 valence electrons. The normalized spacial score (nSPS) is 41.8. The molecular weight excluding hydrogens is 508 g/mol. The molecule has 5 aliphatic heterocycles. The lowest BCUT2D eigenvalue weighted by atomic mass is 9.77. The number of rotatable bonds is 2. The molecule has 5 heterocycles. The molecule has 2 spiro atoms. The number of likely N-dealkylation sites (N-methyl/N-ethyl adjacent to an activating group) is 1. The Hall–Kier alpha value is -1.83. The average Bonchev–Trinajstić information content (AvgIpc) is 3.08. The number of hydrogen-bond donors (Lipinski definition) is 2. The average molecular weight is 529 g/mol. The number of aliphatic hydroxyl groups is 2. The summed E-state index contributed by atoms with van der Waals surface area (Å²) < 4.78 is 17.2. The molecule has 1 aromatic rings. The molecule has 4 saturated heterocycles. The van der Waals surface area contributed by atoms with Crippen molar-refractivity contribution in [3.63, 3.8) is 0 Å². The van der Waals surface area contributed by atoms with E-state index >= 15 is 0 Å². The third-order valence-electron chi connectivity index (χ3n) is 7.16. The molecule has 2 bridgehead atoms. The van der Waals surface area contributed by atoms with Gasteiger partial charge in [0.1, 0.15) is 23.1 Å². The fourth-order valence-corrected chi connectivity index (χ4v) is 9.42. The highest BCUT2D eigenvalue weighted by atomic mass is 35.5. The molecule has 34 heavy (non-hydrogen) atoms. The molecule has 13 heteroatoms. The van der Waals surface area contributed by atoms with Crippen LogP contribution < -0.4 is 14.2 Å². The number of hydroxylamine groups is 2. The standard InChI is InChI=1S/C21H21ClN2O8S2/c1-23-17(26)20-8-19(28)12(22)7-5-10(25)15(19)32-24(20)18(27)21(23)16(33-34-20)9-4-6-11(29-2)14(30-3)13(9)31-21/h4-7,10,12,15-16,25,28H,8H2,1-3H3. The van der Waals surface area contributed by atoms with Gasteiger partial charge < -0.3 is 24.4 Å². The summed E-state index contributed by atoms with van der Waals surface area (Å²) in [5, 5.41) is 21.4. The van der Waals surface area contributed by atoms with Gasteiger partial charge in [0.05, 0.1) is 19.6 Å². The number of aliphatic hydroxyl groups excluding tert-OH is 1. The zero-order valence-electron chi connectivity index (χ0n) is 18.3. The molecule has 7 unspecified atom stereocenters. The quantitative estimate of drug-likeness (QED) is 0.329. The number of halogens is 1. The number of ether oxygens (including phenoxy) is 3. The maximum atomic E-state index is 14.2. The lowest BCUT2D eigenvalue weighted by Gasteiger charge is -2.58. The molecule has 7 rings (SSSR count). The largest absolute Gasteiger partial charge is 0.493 e. The topological polar surface area (TPSA) is 118 Å². The Morgan fingerprint density at radius 1 is 1.21 bits per heavy atom. The van der Waals surface area contributed by atoms with E-state index in [-0.39, 0.29) is 6.42 Å². The molecule has 10 nitrogen and oxygen atoms in total. The van der Waals surface area contributed by atoms with Gasteiger partial charge in [-0.2, -0.15) is 5.06 Å². The van der Waals surface area contributed by atoms with Crippen LogP contribution in [0, 0.1) is 0 Å². The van der Waals surface area contributed by atoms with Crippen LogP contribution in [0.25, 0.3) is 0 Å². The Balaban J connectivity index is 1.52. The molecule has 6 aliphatic rings. The lowest BCUT2D eigenvalue weighted by Crippen LogP contribution is -2.81. The predicted octanol–water partition coefficient (Wildman–Crippen LogP) is 1.20. The summed E-state index contributed by atoms with van der Waals surface area (Å²) in [5.41, 5.74) is -2.88. The molecule has 2 amide bonds. The Labute approximate surface area is 207 Å². The van der Waals surface area contributed by atoms with Crippen LogP contribution in [0.5, 0.6) is 17.2 Å². The summed E-state index contributed by atoms with van der Waals surface area (Å²) >= 11 is 6.42. The van der Waals surface area contributed by atoms with Crippen LogP contribution in [0.2, 0.25) is 0 Å². The van der Waals surface area contributed by atoms with Crippen molar-refractivity contribution in [3.8, 4) is 17.2 Å². The van der Waals surface area contributed by atoms with E-state index in [0.29, 0.717) is 22.8 Å². The van der Waals surface area contributed by atoms with Crippen molar-refractivity contribution in [1.29, 1.82) is 0 Å². The zero-order chi connectivity index (χ0) is 24.2. The summed E-state index contributed by atoms with van der Waals surface area (Å²) in [4.78, 5) is 33.7. The number of alkyl halides is 1. The van der Waals surface area contributed by atoms with E-state index < -0.39 is 50.8 Å². The van der Waals surface area contributed by atoms with Crippen LogP contribution in [0.15, 0.2) is 24.3 Å². The van der Waals surface area contributed by atoms with Gasteiger partial charge in [-0.1, -0.05) is 33.7 Å². The Morgan fingerprint density at radius 2 is 1.97 bits per heavy atom. The Bertz CT molecular complexity index is 1150. The van der Waals surface area contributed by atoms with Gasteiger partial charge in [0, 0.05) is 19.0 Å². The highest BCUT2D eigenvalue weighted by Crippen LogP contribution is 2.69. The van der Waals surface area contributed by atoms with Crippen LogP contribution in [0.4, 0.5) is 0 Å². The number of nitrogens with zero attached hydrogens (tertiary/aromatic N) is 2. The molecule has 0 aromatic heterocycles. The van der Waals surface area contributed by atoms with Gasteiger partial charge in [0.25, 0.3) is 11.6 Å². The molecule has 0 radical (unpaired) electrons. The van der Waals surface area contributed by atoms with Gasteiger partial charge in [0.2, 0.25) is 10.6 Å². The summed E-state index contributed by atoms with van der Waals surface area (Å²) in [5.74, 6) is -0.0691. The third-order valence-corrected chi connectivity index (χ3v) is 11.0. The van der Waals surface area contributed by atoms with Gasteiger partial charge in [-0.15, -0.1) is 11.6 Å². The van der Waals surface area contributed by atoms with Gasteiger partial charge in [-0.05, 0) is 12.1 Å². The third kappa shape index (κ3) is 2.41. The van der Waals surface area contributed by atoms with Crippen molar-refractivity contribution >= 4 is 45.0 Å². The van der Waals surface area contributed by atoms with E-state index in [9.17, 15) is 19.8 Å². The summed E-state index contributed by atoms with van der Waals surface area (Å²) in [7, 11) is 6.86. The summed E-state index contributed by atoms with van der Waals surface area (Å²) in [6, 6.07) is 3.50. The van der Waals surface area contributed by atoms with Gasteiger partial charge in [-0.25, -0.2) is 0 Å². The molecule has 2 N–H and O–H groups in total. The number of methoxy groups -OCH3 is 2. The van der Waals surface area contributed by atoms with Gasteiger partial charge in [0.15, 0.2) is 11.5 Å². The number of carbonyl (C=O) groups excluding carboxylic acids is 2. The first-order valence-corrected chi connectivity index (χ1v) is 13.1. The molecule has 7 atom stereocenters. The first kappa shape index (κ1) is 22.6. The fourth-order valence-electron chi connectivity index (χ4n) is 5.40.